The number of ether oxygens (including phenoxy) is 1. The van der Waals surface area contributed by atoms with E-state index in [2.05, 4.69) is 25.6 Å². The fraction of sp³-hybridized carbons (Fsp3) is 0.417. The molecule has 188 valence electrons. The van der Waals surface area contributed by atoms with E-state index in [-0.39, 0.29) is 23.2 Å². The van der Waals surface area contributed by atoms with Gasteiger partial charge in [0.05, 0.1) is 24.0 Å². The Balaban J connectivity index is 1.49. The first-order chi connectivity index (χ1) is 18.6. The minimum Gasteiger partial charge on any atom is -0.494 e. The van der Waals surface area contributed by atoms with E-state index in [1.165, 1.54) is 24.5 Å². The second-order valence-electron chi connectivity index (χ2n) is 8.85. The van der Waals surface area contributed by atoms with E-state index in [1.807, 2.05) is 5.32 Å². The highest BCUT2D eigenvalue weighted by Gasteiger charge is 2.34. The van der Waals surface area contributed by atoms with Gasteiger partial charge in [-0.2, -0.15) is 5.10 Å². The summed E-state index contributed by atoms with van der Waals surface area (Å²) in [5.41, 5.74) is 0.941. The molecule has 12 heteroatoms. The van der Waals surface area contributed by atoms with Crippen molar-refractivity contribution in [3.05, 3.63) is 36.3 Å². The molecule has 36 heavy (non-hydrogen) atoms. The standard InChI is InChI=1S/C24H29N9O3/c1-25-23(34)20-18(27-17-9-5-8-16(21(17)36-3)22-26-14-31(2)30-22)12-19(28-29-20)33-11-10-32(24(33)35)13-15-6-4-7-15/h5,8-9,12,14-15H,4,6-7,10-11,13H2,1-3H3,(H,25,34)(H,27,28)/i1D3. The molecule has 2 fully saturated rings. The molecule has 1 saturated carbocycles. The fourth-order valence-corrected chi connectivity index (χ4v) is 4.43. The van der Waals surface area contributed by atoms with E-state index in [0.717, 1.165) is 12.8 Å². The van der Waals surface area contributed by atoms with Crippen LogP contribution < -0.4 is 20.3 Å². The third-order valence-corrected chi connectivity index (χ3v) is 6.51. The molecule has 0 spiro atoms. The van der Waals surface area contributed by atoms with Crippen LogP contribution in [-0.2, 0) is 7.05 Å². The highest BCUT2D eigenvalue weighted by molar-refractivity contribution is 6.00. The van der Waals surface area contributed by atoms with Crippen LogP contribution in [0.1, 0.15) is 33.9 Å². The van der Waals surface area contributed by atoms with Crippen LogP contribution in [0.2, 0.25) is 0 Å². The van der Waals surface area contributed by atoms with E-state index in [0.29, 0.717) is 48.4 Å². The maximum atomic E-state index is 13.1. The number of nitrogens with one attached hydrogen (secondary N) is 2. The van der Waals surface area contributed by atoms with Crippen LogP contribution in [-0.4, -0.2) is 75.5 Å². The molecule has 2 aromatic heterocycles. The molecule has 1 aliphatic heterocycles. The summed E-state index contributed by atoms with van der Waals surface area (Å²) < 4.78 is 29.5. The van der Waals surface area contributed by atoms with Gasteiger partial charge >= 0.3 is 6.03 Å². The molecule has 12 nitrogen and oxygen atoms in total. The highest BCUT2D eigenvalue weighted by atomic mass is 16.5. The van der Waals surface area contributed by atoms with E-state index in [4.69, 9.17) is 8.85 Å². The summed E-state index contributed by atoms with van der Waals surface area (Å²) in [4.78, 5) is 33.6. The summed E-state index contributed by atoms with van der Waals surface area (Å²) in [6.07, 6.45) is 5.00. The van der Waals surface area contributed by atoms with Crippen molar-refractivity contribution in [3.8, 4) is 17.1 Å². The molecule has 0 radical (unpaired) electrons. The van der Waals surface area contributed by atoms with Crippen molar-refractivity contribution >= 4 is 29.1 Å². The molecule has 3 heterocycles. The summed E-state index contributed by atoms with van der Waals surface area (Å²) in [6.45, 7) is -1.04. The maximum Gasteiger partial charge on any atom is 0.325 e. The molecule has 2 N–H and O–H groups in total. The number of aromatic nitrogens is 5. The molecule has 1 saturated heterocycles. The van der Waals surface area contributed by atoms with Crippen LogP contribution in [0, 0.1) is 5.92 Å². The number of hydrogen-bond donors (Lipinski definition) is 2. The molecule has 3 amide bonds. The van der Waals surface area contributed by atoms with Gasteiger partial charge in [0, 0.05) is 43.8 Å². The lowest BCUT2D eigenvalue weighted by Gasteiger charge is -2.29. The summed E-state index contributed by atoms with van der Waals surface area (Å²) in [7, 11) is 3.24. The van der Waals surface area contributed by atoms with Gasteiger partial charge in [-0.3, -0.25) is 14.4 Å². The van der Waals surface area contributed by atoms with Gasteiger partial charge in [0.2, 0.25) is 0 Å². The number of benzene rings is 1. The molecule has 0 unspecified atom stereocenters. The fourth-order valence-electron chi connectivity index (χ4n) is 4.43. The number of methoxy groups -OCH3 is 1. The normalized spacial score (nSPS) is 17.3. The van der Waals surface area contributed by atoms with Crippen LogP contribution in [0.25, 0.3) is 11.4 Å². The number of rotatable bonds is 8. The molecular weight excluding hydrogens is 462 g/mol. The topological polar surface area (TPSA) is 130 Å². The Morgan fingerprint density at radius 3 is 2.81 bits per heavy atom. The number of para-hydroxylation sites is 1. The van der Waals surface area contributed by atoms with E-state index >= 15 is 0 Å². The van der Waals surface area contributed by atoms with Crippen molar-refractivity contribution < 1.29 is 18.4 Å². The van der Waals surface area contributed by atoms with Gasteiger partial charge in [-0.15, -0.1) is 10.2 Å². The minimum atomic E-state index is -2.73. The Hall–Kier alpha value is -4.22. The van der Waals surface area contributed by atoms with Crippen molar-refractivity contribution in [1.29, 1.82) is 0 Å². The zero-order valence-corrected chi connectivity index (χ0v) is 20.1. The lowest BCUT2D eigenvalue weighted by molar-refractivity contribution is 0.0958. The first-order valence-corrected chi connectivity index (χ1v) is 11.7. The molecule has 5 rings (SSSR count). The Labute approximate surface area is 212 Å². The molecule has 1 aromatic carbocycles. The number of aryl methyl sites for hydroxylation is 1. The first kappa shape index (κ1) is 20.0. The van der Waals surface area contributed by atoms with Crippen LogP contribution in [0.4, 0.5) is 22.0 Å². The molecule has 2 aliphatic rings. The zero-order chi connectivity index (χ0) is 27.7. The van der Waals surface area contributed by atoms with Crippen LogP contribution in [0.15, 0.2) is 30.6 Å². The Morgan fingerprint density at radius 1 is 1.25 bits per heavy atom. The Morgan fingerprint density at radius 2 is 2.11 bits per heavy atom. The van der Waals surface area contributed by atoms with Crippen molar-refractivity contribution in [2.45, 2.75) is 19.3 Å². The zero-order valence-electron chi connectivity index (χ0n) is 23.1. The van der Waals surface area contributed by atoms with Crippen LogP contribution in [0.5, 0.6) is 5.75 Å². The lowest BCUT2D eigenvalue weighted by Crippen LogP contribution is -2.37. The van der Waals surface area contributed by atoms with Crippen molar-refractivity contribution in [2.75, 3.05) is 43.9 Å². The summed E-state index contributed by atoms with van der Waals surface area (Å²) in [6, 6.07) is 6.60. The molecular formula is C24H29N9O3. The number of hydrogen-bond acceptors (Lipinski definition) is 8. The number of urea groups is 1. The van der Waals surface area contributed by atoms with Gasteiger partial charge in [0.15, 0.2) is 23.1 Å². The molecule has 0 atom stereocenters. The molecule has 3 aromatic rings. The van der Waals surface area contributed by atoms with Crippen molar-refractivity contribution in [1.82, 2.24) is 35.2 Å². The summed E-state index contributed by atoms with van der Waals surface area (Å²) in [5.74, 6) is 0.647. The number of anilines is 3. The van der Waals surface area contributed by atoms with Gasteiger partial charge in [0.1, 0.15) is 6.33 Å². The first-order valence-electron chi connectivity index (χ1n) is 13.2. The van der Waals surface area contributed by atoms with Gasteiger partial charge in [-0.1, -0.05) is 12.5 Å². The molecule has 0 bridgehead atoms. The minimum absolute atomic E-state index is 0.149. The number of carbonyl (C=O) groups excluding carboxylic acids is 2. The van der Waals surface area contributed by atoms with Gasteiger partial charge in [-0.05, 0) is 30.9 Å². The predicted molar refractivity (Wildman–Crippen MR) is 133 cm³/mol. The quantitative estimate of drug-likeness (QED) is 0.488. The maximum absolute atomic E-state index is 13.1. The van der Waals surface area contributed by atoms with E-state index in [1.54, 1.807) is 41.2 Å². The predicted octanol–water partition coefficient (Wildman–Crippen LogP) is 2.43. The monoisotopic (exact) mass is 494 g/mol. The van der Waals surface area contributed by atoms with Crippen LogP contribution >= 0.6 is 0 Å². The molecule has 1 aliphatic carbocycles. The Bertz CT molecular complexity index is 1390. The second-order valence-corrected chi connectivity index (χ2v) is 8.85. The smallest absolute Gasteiger partial charge is 0.325 e. The largest absolute Gasteiger partial charge is 0.494 e. The summed E-state index contributed by atoms with van der Waals surface area (Å²) in [5, 5.41) is 17.6. The number of carbonyl (C=O) groups is 2. The van der Waals surface area contributed by atoms with Gasteiger partial charge < -0.3 is 20.3 Å². The third-order valence-electron chi connectivity index (χ3n) is 6.51. The average Bonchev–Trinajstić information content (AvgIpc) is 3.45. The van der Waals surface area contributed by atoms with E-state index < -0.39 is 12.9 Å². The van der Waals surface area contributed by atoms with Crippen molar-refractivity contribution in [3.63, 3.8) is 0 Å². The van der Waals surface area contributed by atoms with Crippen LogP contribution in [0.3, 0.4) is 0 Å². The number of nitrogens with zero attached hydrogens (tertiary/aromatic N) is 7. The van der Waals surface area contributed by atoms with Gasteiger partial charge in [-0.25, -0.2) is 9.78 Å². The van der Waals surface area contributed by atoms with Crippen molar-refractivity contribution in [2.24, 2.45) is 13.0 Å². The number of amides is 3. The lowest BCUT2D eigenvalue weighted by atomic mass is 9.85. The SMILES string of the molecule is [2H]C([2H])([2H])NC(=O)c1nnc(N2CCN(CC3CCC3)C2=O)cc1Nc1cccc(-c2ncn(C)n2)c1OC. The van der Waals surface area contributed by atoms with Gasteiger partial charge in [0.25, 0.3) is 5.91 Å². The second kappa shape index (κ2) is 9.80. The summed E-state index contributed by atoms with van der Waals surface area (Å²) >= 11 is 0. The average molecular weight is 495 g/mol. The van der Waals surface area contributed by atoms with E-state index in [9.17, 15) is 9.59 Å². The Kier molecular flexibility index (Phi) is 5.45. The highest BCUT2D eigenvalue weighted by Crippen LogP contribution is 2.37. The third kappa shape index (κ3) is 4.41.